The molecule has 0 fully saturated rings. The highest BCUT2D eigenvalue weighted by molar-refractivity contribution is 5.86. The molecule has 0 N–H and O–H groups in total. The monoisotopic (exact) mass is 248 g/mol. The molecule has 0 aliphatic carbocycles. The van der Waals surface area contributed by atoms with Gasteiger partial charge in [0.25, 0.3) is 0 Å². The summed E-state index contributed by atoms with van der Waals surface area (Å²) in [7, 11) is 0. The summed E-state index contributed by atoms with van der Waals surface area (Å²) in [6.07, 6.45) is 0.610. The van der Waals surface area contributed by atoms with Crippen LogP contribution in [0.15, 0.2) is 36.4 Å². The second-order valence-corrected chi connectivity index (χ2v) is 3.90. The first-order valence-corrected chi connectivity index (χ1v) is 5.59. The maximum absolute atomic E-state index is 11.1. The molecule has 0 aliphatic rings. The van der Waals surface area contributed by atoms with Crippen molar-refractivity contribution in [2.24, 2.45) is 0 Å². The van der Waals surface area contributed by atoms with Crippen molar-refractivity contribution in [1.29, 1.82) is 0 Å². The van der Waals surface area contributed by atoms with Crippen LogP contribution in [0.1, 0.15) is 19.4 Å². The summed E-state index contributed by atoms with van der Waals surface area (Å²) < 4.78 is 9.89. The molecular formula is C14H16O4. The summed E-state index contributed by atoms with van der Waals surface area (Å²) in [6.45, 7) is 6.76. The smallest absolute Gasteiger partial charge is 0.333 e. The summed E-state index contributed by atoms with van der Waals surface area (Å²) in [4.78, 5) is 21.9. The molecule has 18 heavy (non-hydrogen) atoms. The Labute approximate surface area is 106 Å². The molecule has 0 saturated carbocycles. The summed E-state index contributed by atoms with van der Waals surface area (Å²) in [5, 5.41) is 0. The highest BCUT2D eigenvalue weighted by Gasteiger charge is 2.03. The van der Waals surface area contributed by atoms with Crippen molar-refractivity contribution >= 4 is 11.9 Å². The third kappa shape index (κ3) is 4.82. The molecule has 0 unspecified atom stereocenters. The first-order valence-electron chi connectivity index (χ1n) is 5.59. The Bertz CT molecular complexity index is 445. The summed E-state index contributed by atoms with van der Waals surface area (Å²) >= 11 is 0. The lowest BCUT2D eigenvalue weighted by Gasteiger charge is -2.05. The van der Waals surface area contributed by atoms with Gasteiger partial charge in [-0.15, -0.1) is 0 Å². The molecule has 0 aromatic heterocycles. The van der Waals surface area contributed by atoms with Gasteiger partial charge in [0.15, 0.2) is 0 Å². The Morgan fingerprint density at radius 2 is 1.78 bits per heavy atom. The van der Waals surface area contributed by atoms with Crippen LogP contribution in [-0.2, 0) is 20.7 Å². The van der Waals surface area contributed by atoms with E-state index in [1.54, 1.807) is 19.1 Å². The van der Waals surface area contributed by atoms with Gasteiger partial charge in [0.05, 0.1) is 6.61 Å². The molecule has 96 valence electrons. The number of carbonyl (C=O) groups excluding carboxylic acids is 2. The van der Waals surface area contributed by atoms with Crippen LogP contribution in [-0.4, -0.2) is 18.5 Å². The topological polar surface area (TPSA) is 52.6 Å². The summed E-state index contributed by atoms with van der Waals surface area (Å²) in [5.41, 5.74) is 1.39. The average molecular weight is 248 g/mol. The number of hydrogen-bond donors (Lipinski definition) is 0. The standard InChI is InChI=1S/C14H16O4/c1-10(2)14(16)17-9-8-12-4-6-13(7-5-12)18-11(3)15/h4-7H,1,8-9H2,2-3H3. The molecule has 1 aromatic rings. The number of hydrogen-bond acceptors (Lipinski definition) is 4. The van der Waals surface area contributed by atoms with Gasteiger partial charge >= 0.3 is 11.9 Å². The van der Waals surface area contributed by atoms with Gasteiger partial charge in [-0.1, -0.05) is 18.7 Å². The Hall–Kier alpha value is -2.10. The van der Waals surface area contributed by atoms with Crippen molar-refractivity contribution in [2.75, 3.05) is 6.61 Å². The Kier molecular flexibility index (Phi) is 5.11. The lowest BCUT2D eigenvalue weighted by atomic mass is 10.1. The quantitative estimate of drug-likeness (QED) is 0.455. The zero-order chi connectivity index (χ0) is 13.5. The predicted molar refractivity (Wildman–Crippen MR) is 67.2 cm³/mol. The van der Waals surface area contributed by atoms with Gasteiger partial charge < -0.3 is 9.47 Å². The van der Waals surface area contributed by atoms with E-state index in [0.717, 1.165) is 5.56 Å². The van der Waals surface area contributed by atoms with E-state index < -0.39 is 0 Å². The molecule has 1 aromatic carbocycles. The van der Waals surface area contributed by atoms with Crippen LogP contribution in [0.2, 0.25) is 0 Å². The fourth-order valence-corrected chi connectivity index (χ4v) is 1.27. The number of rotatable bonds is 5. The fourth-order valence-electron chi connectivity index (χ4n) is 1.27. The minimum absolute atomic E-state index is 0.304. The van der Waals surface area contributed by atoms with Gasteiger partial charge in [0.1, 0.15) is 5.75 Å². The van der Waals surface area contributed by atoms with Crippen molar-refractivity contribution < 1.29 is 19.1 Å². The fraction of sp³-hybridized carbons (Fsp3) is 0.286. The van der Waals surface area contributed by atoms with Crippen LogP contribution in [0.25, 0.3) is 0 Å². The van der Waals surface area contributed by atoms with Crippen LogP contribution in [0.5, 0.6) is 5.75 Å². The Morgan fingerprint density at radius 3 is 2.28 bits per heavy atom. The van der Waals surface area contributed by atoms with Crippen molar-refractivity contribution in [1.82, 2.24) is 0 Å². The van der Waals surface area contributed by atoms with E-state index in [-0.39, 0.29) is 11.9 Å². The average Bonchev–Trinajstić information content (AvgIpc) is 2.30. The first kappa shape index (κ1) is 14.0. The zero-order valence-corrected chi connectivity index (χ0v) is 10.6. The normalized spacial score (nSPS) is 9.67. The lowest BCUT2D eigenvalue weighted by Crippen LogP contribution is -2.08. The van der Waals surface area contributed by atoms with Gasteiger partial charge in [0.2, 0.25) is 0 Å². The molecule has 4 nitrogen and oxygen atoms in total. The molecule has 0 atom stereocenters. The van der Waals surface area contributed by atoms with Gasteiger partial charge in [-0.25, -0.2) is 4.79 Å². The van der Waals surface area contributed by atoms with Gasteiger partial charge in [-0.3, -0.25) is 4.79 Å². The second-order valence-electron chi connectivity index (χ2n) is 3.90. The highest BCUT2D eigenvalue weighted by atomic mass is 16.5. The molecule has 0 aliphatic heterocycles. The molecular weight excluding hydrogens is 232 g/mol. The Balaban J connectivity index is 2.42. The molecule has 4 heteroatoms. The summed E-state index contributed by atoms with van der Waals surface area (Å²) in [6, 6.07) is 7.06. The van der Waals surface area contributed by atoms with E-state index in [1.807, 2.05) is 12.1 Å². The van der Waals surface area contributed by atoms with Crippen molar-refractivity contribution in [3.05, 3.63) is 42.0 Å². The minimum Gasteiger partial charge on any atom is -0.462 e. The van der Waals surface area contributed by atoms with E-state index in [0.29, 0.717) is 24.4 Å². The summed E-state index contributed by atoms with van der Waals surface area (Å²) in [5.74, 6) is -0.227. The maximum Gasteiger partial charge on any atom is 0.333 e. The number of carbonyl (C=O) groups is 2. The number of benzene rings is 1. The van der Waals surface area contributed by atoms with Crippen molar-refractivity contribution in [2.45, 2.75) is 20.3 Å². The molecule has 0 saturated heterocycles. The largest absolute Gasteiger partial charge is 0.462 e. The number of ether oxygens (including phenoxy) is 2. The zero-order valence-electron chi connectivity index (χ0n) is 10.6. The van der Waals surface area contributed by atoms with Gasteiger partial charge in [-0.2, -0.15) is 0 Å². The molecule has 0 amide bonds. The van der Waals surface area contributed by atoms with Crippen LogP contribution in [0.3, 0.4) is 0 Å². The van der Waals surface area contributed by atoms with E-state index in [1.165, 1.54) is 6.92 Å². The number of esters is 2. The maximum atomic E-state index is 11.1. The molecule has 0 spiro atoms. The van der Waals surface area contributed by atoms with Gasteiger partial charge in [0, 0.05) is 18.9 Å². The van der Waals surface area contributed by atoms with Crippen molar-refractivity contribution in [3.63, 3.8) is 0 Å². The minimum atomic E-state index is -0.383. The third-order valence-electron chi connectivity index (χ3n) is 2.16. The van der Waals surface area contributed by atoms with E-state index >= 15 is 0 Å². The van der Waals surface area contributed by atoms with Gasteiger partial charge in [-0.05, 0) is 24.6 Å². The third-order valence-corrected chi connectivity index (χ3v) is 2.16. The van der Waals surface area contributed by atoms with Crippen LogP contribution < -0.4 is 4.74 Å². The molecule has 0 radical (unpaired) electrons. The molecule has 1 rings (SSSR count). The van der Waals surface area contributed by atoms with Crippen LogP contribution in [0, 0.1) is 0 Å². The van der Waals surface area contributed by atoms with Crippen molar-refractivity contribution in [3.8, 4) is 5.75 Å². The van der Waals surface area contributed by atoms with Crippen LogP contribution in [0.4, 0.5) is 0 Å². The molecule has 0 heterocycles. The predicted octanol–water partition coefficient (Wildman–Crippen LogP) is 2.27. The van der Waals surface area contributed by atoms with E-state index in [9.17, 15) is 9.59 Å². The van der Waals surface area contributed by atoms with E-state index in [2.05, 4.69) is 6.58 Å². The first-order chi connectivity index (χ1) is 8.49. The van der Waals surface area contributed by atoms with E-state index in [4.69, 9.17) is 9.47 Å². The highest BCUT2D eigenvalue weighted by Crippen LogP contribution is 2.12. The Morgan fingerprint density at radius 1 is 1.17 bits per heavy atom. The van der Waals surface area contributed by atoms with Crippen LogP contribution >= 0.6 is 0 Å². The lowest BCUT2D eigenvalue weighted by molar-refractivity contribution is -0.138. The molecule has 0 bridgehead atoms. The second kappa shape index (κ2) is 6.59. The SMILES string of the molecule is C=C(C)C(=O)OCCc1ccc(OC(C)=O)cc1.